The number of rotatable bonds is 5. The third-order valence-electron chi connectivity index (χ3n) is 3.72. The van der Waals surface area contributed by atoms with Gasteiger partial charge in [-0.25, -0.2) is 0 Å². The second-order valence-electron chi connectivity index (χ2n) is 5.18. The fraction of sp³-hybridized carbons (Fsp3) is 0.600. The summed E-state index contributed by atoms with van der Waals surface area (Å²) in [4.78, 5) is 0. The molecule has 2 nitrogen and oxygen atoms in total. The van der Waals surface area contributed by atoms with E-state index in [4.69, 9.17) is 0 Å². The summed E-state index contributed by atoms with van der Waals surface area (Å²) in [6.07, 6.45) is -0.679. The molecule has 0 spiro atoms. The zero-order chi connectivity index (χ0) is 14.6. The van der Waals surface area contributed by atoms with Crippen molar-refractivity contribution in [3.8, 4) is 5.75 Å². The number of hydrogen-bond acceptors (Lipinski definition) is 2. The van der Waals surface area contributed by atoms with Gasteiger partial charge in [0.1, 0.15) is 5.75 Å². The first-order valence-electron chi connectivity index (χ1n) is 7.09. The van der Waals surface area contributed by atoms with Crippen LogP contribution in [0.15, 0.2) is 24.3 Å². The van der Waals surface area contributed by atoms with E-state index < -0.39 is 6.36 Å². The number of nitrogens with one attached hydrogen (secondary N) is 1. The molecule has 1 aromatic carbocycles. The second kappa shape index (κ2) is 6.48. The predicted molar refractivity (Wildman–Crippen MR) is 71.8 cm³/mol. The van der Waals surface area contributed by atoms with Crippen LogP contribution in [-0.2, 0) is 0 Å². The smallest absolute Gasteiger partial charge is 0.405 e. The van der Waals surface area contributed by atoms with Crippen LogP contribution in [0.2, 0.25) is 0 Å². The number of halogens is 3. The molecule has 0 saturated heterocycles. The Kier molecular flexibility index (Phi) is 4.91. The van der Waals surface area contributed by atoms with Crippen LogP contribution in [0.5, 0.6) is 5.75 Å². The summed E-state index contributed by atoms with van der Waals surface area (Å²) in [5, 5.41) is 3.43. The molecule has 1 saturated carbocycles. The minimum atomic E-state index is -4.64. The van der Waals surface area contributed by atoms with Crippen LogP contribution in [0.25, 0.3) is 0 Å². The van der Waals surface area contributed by atoms with Gasteiger partial charge in [-0.1, -0.05) is 31.5 Å². The molecular formula is C15H20F3NO. The number of benzene rings is 1. The molecule has 20 heavy (non-hydrogen) atoms. The molecule has 0 bridgehead atoms. The van der Waals surface area contributed by atoms with Gasteiger partial charge in [-0.15, -0.1) is 13.2 Å². The third kappa shape index (κ3) is 3.88. The summed E-state index contributed by atoms with van der Waals surface area (Å²) in [5.41, 5.74) is 0.663. The Balaban J connectivity index is 2.18. The van der Waals surface area contributed by atoms with E-state index in [2.05, 4.69) is 17.0 Å². The standard InChI is InChI=1S/C15H20F3NO/c1-2-10-19-13-8-5-7-11(13)12-6-3-4-9-14(12)20-15(16,17)18/h3-4,6,9,11,13,19H,2,5,7-8,10H2,1H3. The van der Waals surface area contributed by atoms with Crippen molar-refractivity contribution in [2.24, 2.45) is 0 Å². The van der Waals surface area contributed by atoms with Crippen molar-refractivity contribution >= 4 is 0 Å². The van der Waals surface area contributed by atoms with Gasteiger partial charge in [0.2, 0.25) is 0 Å². The van der Waals surface area contributed by atoms with Crippen LogP contribution in [0.1, 0.15) is 44.1 Å². The molecule has 2 atom stereocenters. The lowest BCUT2D eigenvalue weighted by atomic mass is 9.93. The number of alkyl halides is 3. The SMILES string of the molecule is CCCNC1CCCC1c1ccccc1OC(F)(F)F. The maximum atomic E-state index is 12.5. The van der Waals surface area contributed by atoms with E-state index in [1.807, 2.05) is 0 Å². The topological polar surface area (TPSA) is 21.3 Å². The van der Waals surface area contributed by atoms with E-state index in [0.717, 1.165) is 32.2 Å². The first kappa shape index (κ1) is 15.2. The van der Waals surface area contributed by atoms with Crippen molar-refractivity contribution in [2.75, 3.05) is 6.54 Å². The largest absolute Gasteiger partial charge is 0.573 e. The fourth-order valence-corrected chi connectivity index (χ4v) is 2.91. The van der Waals surface area contributed by atoms with Gasteiger partial charge in [0.15, 0.2) is 0 Å². The molecule has 112 valence electrons. The normalized spacial score (nSPS) is 23.0. The van der Waals surface area contributed by atoms with Crippen LogP contribution in [0, 0.1) is 0 Å². The Hall–Kier alpha value is -1.23. The van der Waals surface area contributed by atoms with Crippen LogP contribution in [0.4, 0.5) is 13.2 Å². The van der Waals surface area contributed by atoms with Gasteiger partial charge in [0, 0.05) is 12.0 Å². The number of hydrogen-bond donors (Lipinski definition) is 1. The van der Waals surface area contributed by atoms with Gasteiger partial charge in [-0.2, -0.15) is 0 Å². The summed E-state index contributed by atoms with van der Waals surface area (Å²) in [6, 6.07) is 6.74. The van der Waals surface area contributed by atoms with Gasteiger partial charge >= 0.3 is 6.36 Å². The van der Waals surface area contributed by atoms with E-state index >= 15 is 0 Å². The maximum absolute atomic E-state index is 12.5. The lowest BCUT2D eigenvalue weighted by Gasteiger charge is -2.23. The quantitative estimate of drug-likeness (QED) is 0.875. The van der Waals surface area contributed by atoms with Crippen LogP contribution < -0.4 is 10.1 Å². The second-order valence-corrected chi connectivity index (χ2v) is 5.18. The molecule has 1 fully saturated rings. The Labute approximate surface area is 117 Å². The zero-order valence-corrected chi connectivity index (χ0v) is 11.5. The molecule has 1 N–H and O–H groups in total. The van der Waals surface area contributed by atoms with Gasteiger partial charge < -0.3 is 10.1 Å². The number of ether oxygens (including phenoxy) is 1. The van der Waals surface area contributed by atoms with Crippen LogP contribution >= 0.6 is 0 Å². The van der Waals surface area contributed by atoms with E-state index in [1.54, 1.807) is 18.2 Å². The first-order valence-corrected chi connectivity index (χ1v) is 7.09. The molecule has 0 heterocycles. The Morgan fingerprint density at radius 3 is 2.70 bits per heavy atom. The monoisotopic (exact) mass is 287 g/mol. The van der Waals surface area contributed by atoms with Crippen molar-refractivity contribution in [3.63, 3.8) is 0 Å². The highest BCUT2D eigenvalue weighted by molar-refractivity contribution is 5.38. The highest BCUT2D eigenvalue weighted by Gasteiger charge is 2.35. The van der Waals surface area contributed by atoms with Crippen molar-refractivity contribution < 1.29 is 17.9 Å². The zero-order valence-electron chi connectivity index (χ0n) is 11.5. The van der Waals surface area contributed by atoms with Gasteiger partial charge in [0.25, 0.3) is 0 Å². The summed E-state index contributed by atoms with van der Waals surface area (Å²) < 4.78 is 41.6. The lowest BCUT2D eigenvalue weighted by Crippen LogP contribution is -2.32. The minimum absolute atomic E-state index is 0.0600. The van der Waals surface area contributed by atoms with E-state index in [9.17, 15) is 13.2 Å². The lowest BCUT2D eigenvalue weighted by molar-refractivity contribution is -0.275. The maximum Gasteiger partial charge on any atom is 0.573 e. The molecule has 5 heteroatoms. The molecule has 0 radical (unpaired) electrons. The Morgan fingerprint density at radius 2 is 2.00 bits per heavy atom. The molecule has 1 aliphatic carbocycles. The summed E-state index contributed by atoms with van der Waals surface area (Å²) in [7, 11) is 0. The summed E-state index contributed by atoms with van der Waals surface area (Å²) in [5.74, 6) is 0.0373. The van der Waals surface area contributed by atoms with Crippen molar-refractivity contribution in [1.82, 2.24) is 5.32 Å². The van der Waals surface area contributed by atoms with Gasteiger partial charge in [-0.05, 0) is 37.4 Å². The van der Waals surface area contributed by atoms with E-state index in [-0.39, 0.29) is 17.7 Å². The first-order chi connectivity index (χ1) is 9.51. The molecule has 1 aliphatic rings. The highest BCUT2D eigenvalue weighted by Crippen LogP contribution is 2.40. The average Bonchev–Trinajstić information content (AvgIpc) is 2.83. The van der Waals surface area contributed by atoms with Crippen molar-refractivity contribution in [3.05, 3.63) is 29.8 Å². The van der Waals surface area contributed by atoms with Crippen molar-refractivity contribution in [2.45, 2.75) is 50.9 Å². The summed E-state index contributed by atoms with van der Waals surface area (Å²) in [6.45, 7) is 2.97. The molecule has 0 amide bonds. The molecule has 2 unspecified atom stereocenters. The predicted octanol–water partition coefficient (Wildman–Crippen LogP) is 4.22. The highest BCUT2D eigenvalue weighted by atomic mass is 19.4. The van der Waals surface area contributed by atoms with Crippen LogP contribution in [0.3, 0.4) is 0 Å². The fourth-order valence-electron chi connectivity index (χ4n) is 2.91. The Morgan fingerprint density at radius 1 is 1.25 bits per heavy atom. The third-order valence-corrected chi connectivity index (χ3v) is 3.72. The van der Waals surface area contributed by atoms with Crippen LogP contribution in [-0.4, -0.2) is 18.9 Å². The Bertz CT molecular complexity index is 433. The van der Waals surface area contributed by atoms with Gasteiger partial charge in [-0.3, -0.25) is 0 Å². The molecule has 1 aromatic rings. The van der Waals surface area contributed by atoms with Crippen molar-refractivity contribution in [1.29, 1.82) is 0 Å². The number of para-hydroxylation sites is 1. The molecule has 2 rings (SSSR count). The molecule has 0 aliphatic heterocycles. The van der Waals surface area contributed by atoms with Gasteiger partial charge in [0.05, 0.1) is 0 Å². The van der Waals surface area contributed by atoms with E-state index in [1.165, 1.54) is 6.07 Å². The molecule has 0 aromatic heterocycles. The van der Waals surface area contributed by atoms with E-state index in [0.29, 0.717) is 5.56 Å². The molecular weight excluding hydrogens is 267 g/mol. The minimum Gasteiger partial charge on any atom is -0.405 e. The average molecular weight is 287 g/mol. The summed E-state index contributed by atoms with van der Waals surface area (Å²) >= 11 is 0.